The lowest BCUT2D eigenvalue weighted by Crippen LogP contribution is -2.34. The summed E-state index contributed by atoms with van der Waals surface area (Å²) < 4.78 is 10.9. The molecule has 2 N–H and O–H groups in total. The molecule has 1 unspecified atom stereocenters. The summed E-state index contributed by atoms with van der Waals surface area (Å²) in [5, 5.41) is 12.3. The molecule has 0 bridgehead atoms. The zero-order chi connectivity index (χ0) is 15.2. The molecule has 7 heteroatoms. The molecule has 2 aromatic heterocycles. The Morgan fingerprint density at radius 1 is 1.23 bits per heavy atom. The van der Waals surface area contributed by atoms with Crippen molar-refractivity contribution in [1.82, 2.24) is 15.0 Å². The van der Waals surface area contributed by atoms with Gasteiger partial charge in [-0.2, -0.15) is 0 Å². The molecule has 2 aromatic rings. The highest BCUT2D eigenvalue weighted by Crippen LogP contribution is 2.15. The first-order chi connectivity index (χ1) is 10.8. The standard InChI is InChI=1S/C15H18N4O3/c20-9-12-3-4-16-15(19-12)11-1-2-14(17-7-11)18-8-13-10-21-5-6-22-13/h1-4,7,13,20H,5-6,8-10H2,(H,17,18). The van der Waals surface area contributed by atoms with Gasteiger partial charge in [-0.25, -0.2) is 15.0 Å². The van der Waals surface area contributed by atoms with Crippen LogP contribution in [0.25, 0.3) is 11.4 Å². The van der Waals surface area contributed by atoms with E-state index in [-0.39, 0.29) is 12.7 Å². The van der Waals surface area contributed by atoms with Crippen LogP contribution in [0, 0.1) is 0 Å². The molecule has 0 spiro atoms. The van der Waals surface area contributed by atoms with Gasteiger partial charge in [0.2, 0.25) is 0 Å². The second kappa shape index (κ2) is 7.26. The molecule has 1 fully saturated rings. The van der Waals surface area contributed by atoms with Crippen molar-refractivity contribution in [2.45, 2.75) is 12.7 Å². The van der Waals surface area contributed by atoms with Gasteiger partial charge in [0, 0.05) is 24.5 Å². The molecule has 1 atom stereocenters. The molecular formula is C15H18N4O3. The Morgan fingerprint density at radius 2 is 2.18 bits per heavy atom. The first-order valence-electron chi connectivity index (χ1n) is 7.17. The highest BCUT2D eigenvalue weighted by molar-refractivity contribution is 5.55. The lowest BCUT2D eigenvalue weighted by atomic mass is 10.2. The number of aromatic nitrogens is 3. The minimum atomic E-state index is -0.105. The molecule has 3 heterocycles. The molecule has 0 amide bonds. The zero-order valence-corrected chi connectivity index (χ0v) is 12.1. The van der Waals surface area contributed by atoms with Gasteiger partial charge in [0.1, 0.15) is 5.82 Å². The average molecular weight is 302 g/mol. The quantitative estimate of drug-likeness (QED) is 0.846. The monoisotopic (exact) mass is 302 g/mol. The fourth-order valence-electron chi connectivity index (χ4n) is 2.13. The van der Waals surface area contributed by atoms with Gasteiger partial charge in [-0.1, -0.05) is 0 Å². The zero-order valence-electron chi connectivity index (χ0n) is 12.1. The van der Waals surface area contributed by atoms with Crippen molar-refractivity contribution in [3.05, 3.63) is 36.3 Å². The fraction of sp³-hybridized carbons (Fsp3) is 0.400. The first kappa shape index (κ1) is 14.8. The van der Waals surface area contributed by atoms with Crippen LogP contribution in [0.1, 0.15) is 5.69 Å². The van der Waals surface area contributed by atoms with E-state index in [9.17, 15) is 0 Å². The second-order valence-corrected chi connectivity index (χ2v) is 4.91. The third-order valence-corrected chi connectivity index (χ3v) is 3.29. The lowest BCUT2D eigenvalue weighted by Gasteiger charge is -2.23. The second-order valence-electron chi connectivity index (χ2n) is 4.91. The summed E-state index contributed by atoms with van der Waals surface area (Å²) in [6.45, 7) is 2.45. The van der Waals surface area contributed by atoms with E-state index in [1.165, 1.54) is 0 Å². The predicted octanol–water partition coefficient (Wildman–Crippen LogP) is 0.858. The molecule has 3 rings (SSSR count). The first-order valence-corrected chi connectivity index (χ1v) is 7.17. The number of aliphatic hydroxyl groups is 1. The fourth-order valence-corrected chi connectivity index (χ4v) is 2.13. The van der Waals surface area contributed by atoms with Crippen LogP contribution in [0.4, 0.5) is 5.82 Å². The number of pyridine rings is 1. The van der Waals surface area contributed by atoms with E-state index in [0.717, 1.165) is 11.4 Å². The van der Waals surface area contributed by atoms with Gasteiger partial charge in [0.05, 0.1) is 38.2 Å². The topological polar surface area (TPSA) is 89.4 Å². The minimum absolute atomic E-state index is 0.0554. The summed E-state index contributed by atoms with van der Waals surface area (Å²) in [5.41, 5.74) is 1.39. The van der Waals surface area contributed by atoms with Crippen molar-refractivity contribution in [3.63, 3.8) is 0 Å². The Hall–Kier alpha value is -2.09. The Labute approximate surface area is 128 Å². The Kier molecular flexibility index (Phi) is 4.89. The van der Waals surface area contributed by atoms with Gasteiger partial charge >= 0.3 is 0 Å². The summed E-state index contributed by atoms with van der Waals surface area (Å²) in [7, 11) is 0. The van der Waals surface area contributed by atoms with Crippen molar-refractivity contribution in [3.8, 4) is 11.4 Å². The van der Waals surface area contributed by atoms with Gasteiger partial charge in [0.25, 0.3) is 0 Å². The number of nitrogens with one attached hydrogen (secondary N) is 1. The van der Waals surface area contributed by atoms with E-state index in [1.807, 2.05) is 12.1 Å². The van der Waals surface area contributed by atoms with Crippen LogP contribution < -0.4 is 5.32 Å². The molecule has 1 aliphatic rings. The summed E-state index contributed by atoms with van der Waals surface area (Å²) >= 11 is 0. The number of aliphatic hydroxyl groups excluding tert-OH is 1. The molecule has 7 nitrogen and oxygen atoms in total. The summed E-state index contributed by atoms with van der Waals surface area (Å²) in [5.74, 6) is 1.31. The van der Waals surface area contributed by atoms with Gasteiger partial charge in [-0.15, -0.1) is 0 Å². The van der Waals surface area contributed by atoms with Crippen molar-refractivity contribution in [1.29, 1.82) is 0 Å². The summed E-state index contributed by atoms with van der Waals surface area (Å²) in [6, 6.07) is 5.44. The maximum absolute atomic E-state index is 9.11. The van der Waals surface area contributed by atoms with Crippen molar-refractivity contribution < 1.29 is 14.6 Å². The number of hydrogen-bond acceptors (Lipinski definition) is 7. The number of hydrogen-bond donors (Lipinski definition) is 2. The van der Waals surface area contributed by atoms with Crippen LogP contribution in [0.15, 0.2) is 30.6 Å². The Bertz CT molecular complexity index is 600. The maximum Gasteiger partial charge on any atom is 0.161 e. The Balaban J connectivity index is 1.61. The average Bonchev–Trinajstić information content (AvgIpc) is 2.61. The van der Waals surface area contributed by atoms with E-state index in [1.54, 1.807) is 18.5 Å². The third kappa shape index (κ3) is 3.76. The normalized spacial score (nSPS) is 18.1. The molecule has 1 saturated heterocycles. The number of ether oxygens (including phenoxy) is 2. The lowest BCUT2D eigenvalue weighted by molar-refractivity contribution is -0.0819. The van der Waals surface area contributed by atoms with Crippen LogP contribution in [-0.2, 0) is 16.1 Å². The van der Waals surface area contributed by atoms with E-state index < -0.39 is 0 Å². The molecule has 0 saturated carbocycles. The van der Waals surface area contributed by atoms with E-state index in [2.05, 4.69) is 20.3 Å². The highest BCUT2D eigenvalue weighted by atomic mass is 16.6. The van der Waals surface area contributed by atoms with Gasteiger partial charge < -0.3 is 19.9 Å². The number of rotatable bonds is 5. The predicted molar refractivity (Wildman–Crippen MR) is 80.2 cm³/mol. The van der Waals surface area contributed by atoms with E-state index in [0.29, 0.717) is 37.9 Å². The van der Waals surface area contributed by atoms with Gasteiger partial charge in [-0.05, 0) is 18.2 Å². The number of anilines is 1. The molecule has 22 heavy (non-hydrogen) atoms. The van der Waals surface area contributed by atoms with Crippen LogP contribution in [-0.4, -0.2) is 52.5 Å². The molecule has 0 radical (unpaired) electrons. The molecule has 0 aliphatic carbocycles. The largest absolute Gasteiger partial charge is 0.390 e. The third-order valence-electron chi connectivity index (χ3n) is 3.29. The number of nitrogens with zero attached hydrogens (tertiary/aromatic N) is 3. The van der Waals surface area contributed by atoms with Crippen molar-refractivity contribution in [2.75, 3.05) is 31.7 Å². The van der Waals surface area contributed by atoms with Crippen LogP contribution >= 0.6 is 0 Å². The van der Waals surface area contributed by atoms with E-state index >= 15 is 0 Å². The maximum atomic E-state index is 9.11. The minimum Gasteiger partial charge on any atom is -0.390 e. The molecule has 116 valence electrons. The highest BCUT2D eigenvalue weighted by Gasteiger charge is 2.14. The smallest absolute Gasteiger partial charge is 0.161 e. The van der Waals surface area contributed by atoms with Crippen LogP contribution in [0.2, 0.25) is 0 Å². The molecule has 1 aliphatic heterocycles. The van der Waals surface area contributed by atoms with Crippen LogP contribution in [0.5, 0.6) is 0 Å². The molecular weight excluding hydrogens is 284 g/mol. The van der Waals surface area contributed by atoms with Crippen molar-refractivity contribution >= 4 is 5.82 Å². The SMILES string of the molecule is OCc1ccnc(-c2ccc(NCC3COCCO3)nc2)n1. The molecule has 0 aromatic carbocycles. The van der Waals surface area contributed by atoms with E-state index in [4.69, 9.17) is 14.6 Å². The van der Waals surface area contributed by atoms with Crippen LogP contribution in [0.3, 0.4) is 0 Å². The van der Waals surface area contributed by atoms with Gasteiger partial charge in [0.15, 0.2) is 5.82 Å². The Morgan fingerprint density at radius 3 is 2.91 bits per heavy atom. The van der Waals surface area contributed by atoms with Crippen molar-refractivity contribution in [2.24, 2.45) is 0 Å². The summed E-state index contributed by atoms with van der Waals surface area (Å²) in [4.78, 5) is 12.8. The summed E-state index contributed by atoms with van der Waals surface area (Å²) in [6.07, 6.45) is 3.39. The van der Waals surface area contributed by atoms with Gasteiger partial charge in [-0.3, -0.25) is 0 Å².